The zero-order valence-electron chi connectivity index (χ0n) is 14.5. The van der Waals surface area contributed by atoms with Crippen LogP contribution < -0.4 is 10.6 Å². The molecule has 0 saturated carbocycles. The molecule has 136 valence electrons. The number of furan rings is 1. The lowest BCUT2D eigenvalue weighted by molar-refractivity contribution is 0.0600. The predicted molar refractivity (Wildman–Crippen MR) is 108 cm³/mol. The Labute approximate surface area is 165 Å². The molecule has 0 aliphatic rings. The summed E-state index contributed by atoms with van der Waals surface area (Å²) in [5, 5.41) is 6.48. The molecule has 0 amide bonds. The van der Waals surface area contributed by atoms with Crippen LogP contribution in [0.5, 0.6) is 0 Å². The highest BCUT2D eigenvalue weighted by atomic mass is 127. The van der Waals surface area contributed by atoms with Crippen LogP contribution in [0.1, 0.15) is 28.6 Å². The van der Waals surface area contributed by atoms with Gasteiger partial charge in [0.25, 0.3) is 0 Å². The van der Waals surface area contributed by atoms with Gasteiger partial charge in [-0.25, -0.2) is 9.79 Å². The van der Waals surface area contributed by atoms with Crippen molar-refractivity contribution in [2.45, 2.75) is 19.9 Å². The number of methoxy groups -OCH3 is 1. The number of ether oxygens (including phenoxy) is 1. The summed E-state index contributed by atoms with van der Waals surface area (Å²) in [6, 6.07) is 11.1. The summed E-state index contributed by atoms with van der Waals surface area (Å²) in [7, 11) is 1.37. The molecule has 1 aromatic carbocycles. The zero-order chi connectivity index (χ0) is 17.2. The van der Waals surface area contributed by atoms with Crippen molar-refractivity contribution >= 4 is 35.9 Å². The number of hydrogen-bond acceptors (Lipinski definition) is 4. The van der Waals surface area contributed by atoms with Crippen molar-refractivity contribution in [3.05, 3.63) is 59.5 Å². The third kappa shape index (κ3) is 7.16. The van der Waals surface area contributed by atoms with E-state index in [2.05, 4.69) is 20.4 Å². The molecule has 6 nitrogen and oxygen atoms in total. The van der Waals surface area contributed by atoms with E-state index in [4.69, 9.17) is 4.42 Å². The van der Waals surface area contributed by atoms with E-state index in [1.807, 2.05) is 31.2 Å². The first-order chi connectivity index (χ1) is 11.7. The molecule has 2 aromatic rings. The molecular weight excluding hydrogens is 433 g/mol. The Morgan fingerprint density at radius 1 is 1.20 bits per heavy atom. The molecule has 0 saturated heterocycles. The Bertz CT molecular complexity index is 655. The normalized spacial score (nSPS) is 10.7. The maximum absolute atomic E-state index is 11.4. The van der Waals surface area contributed by atoms with Gasteiger partial charge in [0.1, 0.15) is 5.76 Å². The fraction of sp³-hybridized carbons (Fsp3) is 0.333. The molecule has 2 rings (SSSR count). The van der Waals surface area contributed by atoms with E-state index < -0.39 is 0 Å². The lowest BCUT2D eigenvalue weighted by Crippen LogP contribution is -2.38. The van der Waals surface area contributed by atoms with Crippen LogP contribution in [0.4, 0.5) is 0 Å². The number of rotatable bonds is 7. The minimum absolute atomic E-state index is 0. The van der Waals surface area contributed by atoms with Crippen LogP contribution in [0.15, 0.2) is 52.1 Å². The number of benzene rings is 1. The smallest absolute Gasteiger partial charge is 0.337 e. The van der Waals surface area contributed by atoms with Crippen LogP contribution >= 0.6 is 24.0 Å². The second-order valence-electron chi connectivity index (χ2n) is 5.14. The van der Waals surface area contributed by atoms with Crippen molar-refractivity contribution in [3.8, 4) is 0 Å². The van der Waals surface area contributed by atoms with Gasteiger partial charge in [-0.3, -0.25) is 0 Å². The number of aliphatic imine (C=N–C) groups is 1. The predicted octanol–water partition coefficient (Wildman–Crippen LogP) is 2.98. The molecular formula is C18H24IN3O3. The van der Waals surface area contributed by atoms with Crippen molar-refractivity contribution in [2.75, 3.05) is 20.2 Å². The van der Waals surface area contributed by atoms with Gasteiger partial charge >= 0.3 is 5.97 Å². The molecule has 0 aliphatic carbocycles. The lowest BCUT2D eigenvalue weighted by atomic mass is 10.1. The van der Waals surface area contributed by atoms with E-state index in [1.165, 1.54) is 7.11 Å². The van der Waals surface area contributed by atoms with Gasteiger partial charge in [-0.1, -0.05) is 12.1 Å². The van der Waals surface area contributed by atoms with E-state index >= 15 is 0 Å². The van der Waals surface area contributed by atoms with Crippen LogP contribution in [0.25, 0.3) is 0 Å². The first kappa shape index (κ1) is 21.0. The number of halogens is 1. The summed E-state index contributed by atoms with van der Waals surface area (Å²) in [6.07, 6.45) is 2.47. The Balaban J connectivity index is 0.00000312. The average Bonchev–Trinajstić information content (AvgIpc) is 3.13. The highest BCUT2D eigenvalue weighted by Crippen LogP contribution is 2.07. The highest BCUT2D eigenvalue weighted by molar-refractivity contribution is 14.0. The Kier molecular flexibility index (Phi) is 9.68. The van der Waals surface area contributed by atoms with Gasteiger partial charge in [0.2, 0.25) is 0 Å². The Hall–Kier alpha value is -2.03. The summed E-state index contributed by atoms with van der Waals surface area (Å²) in [5.74, 6) is 1.36. The fourth-order valence-electron chi connectivity index (χ4n) is 2.14. The van der Waals surface area contributed by atoms with Crippen LogP contribution in [0, 0.1) is 0 Å². The molecule has 1 aromatic heterocycles. The third-order valence-corrected chi connectivity index (χ3v) is 3.38. The second-order valence-corrected chi connectivity index (χ2v) is 5.14. The number of nitrogens with one attached hydrogen (secondary N) is 2. The highest BCUT2D eigenvalue weighted by Gasteiger charge is 2.04. The standard InChI is InChI=1S/C18H23N3O3.HI/c1-3-19-18(20-11-10-16-5-4-12-24-16)21-13-14-6-8-15(9-7-14)17(22)23-2;/h4-9,12H,3,10-11,13H2,1-2H3,(H2,19,20,21);1H. The summed E-state index contributed by atoms with van der Waals surface area (Å²) >= 11 is 0. The molecule has 7 heteroatoms. The molecule has 0 spiro atoms. The first-order valence-corrected chi connectivity index (χ1v) is 7.94. The molecule has 2 N–H and O–H groups in total. The minimum atomic E-state index is -0.335. The van der Waals surface area contributed by atoms with Gasteiger partial charge in [0.05, 0.1) is 25.5 Å². The van der Waals surface area contributed by atoms with Crippen molar-refractivity contribution in [1.29, 1.82) is 0 Å². The molecule has 0 fully saturated rings. The van der Waals surface area contributed by atoms with E-state index in [0.717, 1.165) is 36.8 Å². The zero-order valence-corrected chi connectivity index (χ0v) is 16.8. The van der Waals surface area contributed by atoms with Crippen molar-refractivity contribution < 1.29 is 13.9 Å². The number of hydrogen-bond donors (Lipinski definition) is 2. The van der Waals surface area contributed by atoms with Gasteiger partial charge in [-0.2, -0.15) is 0 Å². The Morgan fingerprint density at radius 3 is 2.56 bits per heavy atom. The molecule has 25 heavy (non-hydrogen) atoms. The minimum Gasteiger partial charge on any atom is -0.469 e. The van der Waals surface area contributed by atoms with Gasteiger partial charge in [-0.05, 0) is 36.8 Å². The topological polar surface area (TPSA) is 75.9 Å². The largest absolute Gasteiger partial charge is 0.469 e. The maximum Gasteiger partial charge on any atom is 0.337 e. The van der Waals surface area contributed by atoms with Crippen LogP contribution in [-0.2, 0) is 17.7 Å². The molecule has 0 radical (unpaired) electrons. The monoisotopic (exact) mass is 457 g/mol. The number of carbonyl (C=O) groups is 1. The third-order valence-electron chi connectivity index (χ3n) is 3.38. The summed E-state index contributed by atoms with van der Waals surface area (Å²) in [4.78, 5) is 16.0. The summed E-state index contributed by atoms with van der Waals surface area (Å²) < 4.78 is 9.99. The molecule has 0 bridgehead atoms. The summed E-state index contributed by atoms with van der Waals surface area (Å²) in [5.41, 5.74) is 1.56. The SMILES string of the molecule is CCNC(=NCc1ccc(C(=O)OC)cc1)NCCc1ccco1.I. The molecule has 0 atom stereocenters. The number of esters is 1. The van der Waals surface area contributed by atoms with Crippen LogP contribution in [-0.4, -0.2) is 32.1 Å². The quantitative estimate of drug-likeness (QED) is 0.290. The molecule has 0 aliphatic heterocycles. The van der Waals surface area contributed by atoms with Crippen molar-refractivity contribution in [3.63, 3.8) is 0 Å². The number of guanidine groups is 1. The fourth-order valence-corrected chi connectivity index (χ4v) is 2.14. The van der Waals surface area contributed by atoms with Gasteiger partial charge in [-0.15, -0.1) is 24.0 Å². The number of carbonyl (C=O) groups excluding carboxylic acids is 1. The van der Waals surface area contributed by atoms with Gasteiger partial charge in [0, 0.05) is 19.5 Å². The summed E-state index contributed by atoms with van der Waals surface area (Å²) in [6.45, 7) is 4.07. The van der Waals surface area contributed by atoms with E-state index in [-0.39, 0.29) is 29.9 Å². The van der Waals surface area contributed by atoms with Crippen molar-refractivity contribution in [1.82, 2.24) is 10.6 Å². The van der Waals surface area contributed by atoms with E-state index in [1.54, 1.807) is 18.4 Å². The molecule has 0 unspecified atom stereocenters. The van der Waals surface area contributed by atoms with E-state index in [9.17, 15) is 4.79 Å². The maximum atomic E-state index is 11.4. The van der Waals surface area contributed by atoms with Crippen LogP contribution in [0.2, 0.25) is 0 Å². The second kappa shape index (κ2) is 11.5. The average molecular weight is 457 g/mol. The lowest BCUT2D eigenvalue weighted by Gasteiger charge is -2.10. The van der Waals surface area contributed by atoms with Gasteiger partial charge in [0.15, 0.2) is 5.96 Å². The van der Waals surface area contributed by atoms with Crippen LogP contribution in [0.3, 0.4) is 0 Å². The van der Waals surface area contributed by atoms with Gasteiger partial charge < -0.3 is 19.8 Å². The number of nitrogens with zero attached hydrogens (tertiary/aromatic N) is 1. The van der Waals surface area contributed by atoms with E-state index in [0.29, 0.717) is 12.1 Å². The Morgan fingerprint density at radius 2 is 1.96 bits per heavy atom. The van der Waals surface area contributed by atoms with Crippen molar-refractivity contribution in [2.24, 2.45) is 4.99 Å². The molecule has 1 heterocycles. The first-order valence-electron chi connectivity index (χ1n) is 7.94.